The lowest BCUT2D eigenvalue weighted by molar-refractivity contribution is -0.120. The molecular formula is C13H27NO2. The maximum Gasteiger partial charge on any atom is 0.218 e. The Morgan fingerprint density at radius 2 is 1.56 bits per heavy atom. The molecule has 0 fully saturated rings. The monoisotopic (exact) mass is 229 g/mol. The van der Waals surface area contributed by atoms with Gasteiger partial charge in [-0.2, -0.15) is 0 Å². The van der Waals surface area contributed by atoms with Crippen LogP contribution in [-0.4, -0.2) is 19.2 Å². The number of rotatable bonds is 11. The van der Waals surface area contributed by atoms with Crippen molar-refractivity contribution in [2.24, 2.45) is 0 Å². The van der Waals surface area contributed by atoms with Crippen LogP contribution in [-0.2, 0) is 9.53 Å². The summed E-state index contributed by atoms with van der Waals surface area (Å²) in [4.78, 5) is 10.5. The van der Waals surface area contributed by atoms with Crippen LogP contribution in [0.4, 0.5) is 0 Å². The smallest absolute Gasteiger partial charge is 0.218 e. The molecule has 0 aliphatic carbocycles. The highest BCUT2D eigenvalue weighted by Crippen LogP contribution is 2.08. The first-order valence-electron chi connectivity index (χ1n) is 6.59. The lowest BCUT2D eigenvalue weighted by Crippen LogP contribution is -2.23. The Kier molecular flexibility index (Phi) is 12.1. The number of carbonyl (C=O) groups is 1. The second-order valence-corrected chi connectivity index (χ2v) is 4.26. The molecule has 0 atom stereocenters. The molecule has 0 heterocycles. The molecule has 0 saturated carbocycles. The molecule has 0 aliphatic rings. The molecule has 16 heavy (non-hydrogen) atoms. The summed E-state index contributed by atoms with van der Waals surface area (Å²) in [5.74, 6) is -0.0316. The summed E-state index contributed by atoms with van der Waals surface area (Å²) in [6.45, 7) is 4.85. The first-order chi connectivity index (χ1) is 7.77. The molecule has 96 valence electrons. The number of hydrogen-bond acceptors (Lipinski definition) is 2. The van der Waals surface area contributed by atoms with Gasteiger partial charge >= 0.3 is 0 Å². The Bertz CT molecular complexity index is 160. The van der Waals surface area contributed by atoms with E-state index in [4.69, 9.17) is 4.74 Å². The maximum absolute atomic E-state index is 10.5. The van der Waals surface area contributed by atoms with Gasteiger partial charge in [-0.1, -0.05) is 51.9 Å². The van der Waals surface area contributed by atoms with Crippen molar-refractivity contribution in [2.75, 3.05) is 13.3 Å². The number of nitrogens with one attached hydrogen (secondary N) is 1. The summed E-state index contributed by atoms with van der Waals surface area (Å²) < 4.78 is 5.26. The van der Waals surface area contributed by atoms with E-state index in [1.54, 1.807) is 0 Å². The minimum Gasteiger partial charge on any atom is -0.361 e. The summed E-state index contributed by atoms with van der Waals surface area (Å²) in [6, 6.07) is 0. The van der Waals surface area contributed by atoms with Gasteiger partial charge in [0.2, 0.25) is 5.91 Å². The lowest BCUT2D eigenvalue weighted by Gasteiger charge is -2.04. The van der Waals surface area contributed by atoms with Crippen molar-refractivity contribution in [2.45, 2.75) is 65.2 Å². The van der Waals surface area contributed by atoms with E-state index in [9.17, 15) is 4.79 Å². The highest BCUT2D eigenvalue weighted by molar-refractivity contribution is 5.72. The largest absolute Gasteiger partial charge is 0.361 e. The van der Waals surface area contributed by atoms with E-state index in [0.717, 1.165) is 13.0 Å². The number of carbonyl (C=O) groups excluding carboxylic acids is 1. The second-order valence-electron chi connectivity index (χ2n) is 4.26. The van der Waals surface area contributed by atoms with Crippen molar-refractivity contribution in [1.29, 1.82) is 0 Å². The van der Waals surface area contributed by atoms with E-state index in [1.807, 2.05) is 0 Å². The third-order valence-corrected chi connectivity index (χ3v) is 2.57. The highest BCUT2D eigenvalue weighted by atomic mass is 16.5. The molecule has 0 aromatic rings. The zero-order valence-electron chi connectivity index (χ0n) is 10.9. The van der Waals surface area contributed by atoms with Crippen LogP contribution >= 0.6 is 0 Å². The van der Waals surface area contributed by atoms with Crippen LogP contribution in [0.15, 0.2) is 0 Å². The van der Waals surface area contributed by atoms with Gasteiger partial charge in [0.1, 0.15) is 6.73 Å². The van der Waals surface area contributed by atoms with Gasteiger partial charge in [-0.25, -0.2) is 0 Å². The van der Waals surface area contributed by atoms with E-state index >= 15 is 0 Å². The molecule has 0 bridgehead atoms. The van der Waals surface area contributed by atoms with E-state index in [1.165, 1.54) is 51.9 Å². The molecule has 3 nitrogen and oxygen atoms in total. The zero-order chi connectivity index (χ0) is 12.1. The van der Waals surface area contributed by atoms with Crippen molar-refractivity contribution in [3.8, 4) is 0 Å². The molecule has 3 heteroatoms. The third kappa shape index (κ3) is 13.4. The molecule has 0 unspecified atom stereocenters. The summed E-state index contributed by atoms with van der Waals surface area (Å²) in [5, 5.41) is 2.61. The average Bonchev–Trinajstić information content (AvgIpc) is 2.25. The van der Waals surface area contributed by atoms with Gasteiger partial charge in [0.25, 0.3) is 0 Å². The number of ether oxygens (including phenoxy) is 1. The maximum atomic E-state index is 10.5. The fraction of sp³-hybridized carbons (Fsp3) is 0.923. The molecule has 0 radical (unpaired) electrons. The molecule has 0 spiro atoms. The van der Waals surface area contributed by atoms with Gasteiger partial charge in [-0.05, 0) is 6.42 Å². The molecule has 0 saturated heterocycles. The standard InChI is InChI=1S/C13H27NO2/c1-3-4-5-6-7-8-9-10-11-16-12-14-13(2)15/h3-12H2,1-2H3,(H,14,15). The van der Waals surface area contributed by atoms with Crippen molar-refractivity contribution in [3.05, 3.63) is 0 Å². The number of hydrogen-bond donors (Lipinski definition) is 1. The minimum atomic E-state index is -0.0316. The topological polar surface area (TPSA) is 38.3 Å². The predicted molar refractivity (Wildman–Crippen MR) is 67.2 cm³/mol. The lowest BCUT2D eigenvalue weighted by atomic mass is 10.1. The zero-order valence-corrected chi connectivity index (χ0v) is 10.9. The Morgan fingerprint density at radius 1 is 1.00 bits per heavy atom. The van der Waals surface area contributed by atoms with Gasteiger partial charge in [0.05, 0.1) is 0 Å². The van der Waals surface area contributed by atoms with Crippen LogP contribution in [0.1, 0.15) is 65.2 Å². The first-order valence-corrected chi connectivity index (χ1v) is 6.59. The van der Waals surface area contributed by atoms with Crippen LogP contribution in [0.2, 0.25) is 0 Å². The first kappa shape index (κ1) is 15.4. The van der Waals surface area contributed by atoms with Crippen LogP contribution < -0.4 is 5.32 Å². The van der Waals surface area contributed by atoms with Crippen molar-refractivity contribution in [3.63, 3.8) is 0 Å². The predicted octanol–water partition coefficient (Wildman–Crippen LogP) is 3.24. The Labute approximate surface area is 99.9 Å². The van der Waals surface area contributed by atoms with Gasteiger partial charge in [0.15, 0.2) is 0 Å². The van der Waals surface area contributed by atoms with Crippen molar-refractivity contribution >= 4 is 5.91 Å². The molecule has 0 aliphatic heterocycles. The summed E-state index contributed by atoms with van der Waals surface area (Å²) in [6.07, 6.45) is 10.5. The fourth-order valence-electron chi connectivity index (χ4n) is 1.56. The summed E-state index contributed by atoms with van der Waals surface area (Å²) in [7, 11) is 0. The SMILES string of the molecule is CCCCCCCCCCOCNC(C)=O. The minimum absolute atomic E-state index is 0.0316. The van der Waals surface area contributed by atoms with Gasteiger partial charge in [-0.3, -0.25) is 4.79 Å². The third-order valence-electron chi connectivity index (χ3n) is 2.57. The van der Waals surface area contributed by atoms with Gasteiger partial charge in [-0.15, -0.1) is 0 Å². The van der Waals surface area contributed by atoms with Crippen molar-refractivity contribution in [1.82, 2.24) is 5.32 Å². The molecular weight excluding hydrogens is 202 g/mol. The van der Waals surface area contributed by atoms with E-state index < -0.39 is 0 Å². The summed E-state index contributed by atoms with van der Waals surface area (Å²) >= 11 is 0. The molecule has 0 rings (SSSR count). The molecule has 1 N–H and O–H groups in total. The average molecular weight is 229 g/mol. The highest BCUT2D eigenvalue weighted by Gasteiger charge is 1.93. The van der Waals surface area contributed by atoms with E-state index in [-0.39, 0.29) is 5.91 Å². The van der Waals surface area contributed by atoms with E-state index in [0.29, 0.717) is 6.73 Å². The van der Waals surface area contributed by atoms with Crippen LogP contribution in [0, 0.1) is 0 Å². The summed E-state index contributed by atoms with van der Waals surface area (Å²) in [5.41, 5.74) is 0. The number of amides is 1. The van der Waals surface area contributed by atoms with E-state index in [2.05, 4.69) is 12.2 Å². The van der Waals surface area contributed by atoms with Crippen molar-refractivity contribution < 1.29 is 9.53 Å². The van der Waals surface area contributed by atoms with Gasteiger partial charge in [0, 0.05) is 13.5 Å². The number of unbranched alkanes of at least 4 members (excludes halogenated alkanes) is 7. The molecule has 0 aromatic heterocycles. The van der Waals surface area contributed by atoms with Gasteiger partial charge < -0.3 is 10.1 Å². The normalized spacial score (nSPS) is 10.4. The van der Waals surface area contributed by atoms with Crippen LogP contribution in [0.3, 0.4) is 0 Å². The Hall–Kier alpha value is -0.570. The van der Waals surface area contributed by atoms with Crippen LogP contribution in [0.25, 0.3) is 0 Å². The second kappa shape index (κ2) is 12.5. The molecule has 0 aromatic carbocycles. The fourth-order valence-corrected chi connectivity index (χ4v) is 1.56. The quantitative estimate of drug-likeness (QED) is 0.436. The van der Waals surface area contributed by atoms with Crippen LogP contribution in [0.5, 0.6) is 0 Å². The molecule has 1 amide bonds. The Balaban J connectivity index is 2.90. The Morgan fingerprint density at radius 3 is 2.12 bits per heavy atom.